The second kappa shape index (κ2) is 8.46. The van der Waals surface area contributed by atoms with Crippen LogP contribution >= 0.6 is 0 Å². The Labute approximate surface area is 122 Å². The molecule has 0 radical (unpaired) electrons. The van der Waals surface area contributed by atoms with E-state index in [-0.39, 0.29) is 0 Å². The summed E-state index contributed by atoms with van der Waals surface area (Å²) >= 11 is 0. The van der Waals surface area contributed by atoms with Crippen LogP contribution in [0.15, 0.2) is 35.3 Å². The van der Waals surface area contributed by atoms with Crippen LogP contribution in [0.3, 0.4) is 0 Å². The monoisotopic (exact) mass is 281 g/mol. The van der Waals surface area contributed by atoms with Crippen LogP contribution in [0.4, 0.5) is 4.79 Å². The van der Waals surface area contributed by atoms with Crippen molar-refractivity contribution in [1.82, 2.24) is 5.32 Å². The molecule has 4 nitrogen and oxygen atoms in total. The van der Waals surface area contributed by atoms with Gasteiger partial charge >= 0.3 is 6.09 Å². The first kappa shape index (κ1) is 18.3. The lowest BCUT2D eigenvalue weighted by Gasteiger charge is -2.20. The number of allylic oxidation sites excluding steroid dienone is 4. The zero-order chi connectivity index (χ0) is 15.8. The van der Waals surface area contributed by atoms with Crippen molar-refractivity contribution in [3.05, 3.63) is 35.3 Å². The number of carbonyl (C=O) groups is 1. The third kappa shape index (κ3) is 7.67. The molecule has 0 bridgehead atoms. The van der Waals surface area contributed by atoms with E-state index in [1.54, 1.807) is 7.11 Å². The normalized spacial score (nSPS) is 14.1. The van der Waals surface area contributed by atoms with Gasteiger partial charge in [-0.3, -0.25) is 5.32 Å². The number of methoxy groups -OCH3 is 1. The number of ether oxygens (including phenoxy) is 2. The summed E-state index contributed by atoms with van der Waals surface area (Å²) in [5.41, 5.74) is 1.10. The SMILES string of the molecule is C\C=C(NC(=O)OC(C)(C)C)/C(C)=C\C(=C/CC)OC. The average molecular weight is 281 g/mol. The number of alkyl carbamates (subject to hydrolysis) is 1. The van der Waals surface area contributed by atoms with Gasteiger partial charge in [0.25, 0.3) is 0 Å². The molecule has 0 aromatic heterocycles. The summed E-state index contributed by atoms with van der Waals surface area (Å²) in [5.74, 6) is 0.773. The summed E-state index contributed by atoms with van der Waals surface area (Å²) in [7, 11) is 1.63. The van der Waals surface area contributed by atoms with Crippen molar-refractivity contribution >= 4 is 6.09 Å². The first-order valence-corrected chi connectivity index (χ1v) is 6.82. The number of hydrogen-bond acceptors (Lipinski definition) is 3. The van der Waals surface area contributed by atoms with Gasteiger partial charge in [-0.1, -0.05) is 13.0 Å². The van der Waals surface area contributed by atoms with Crippen LogP contribution in [0.5, 0.6) is 0 Å². The first-order chi connectivity index (χ1) is 9.23. The van der Waals surface area contributed by atoms with E-state index in [2.05, 4.69) is 5.32 Å². The van der Waals surface area contributed by atoms with Crippen LogP contribution in [-0.4, -0.2) is 18.8 Å². The van der Waals surface area contributed by atoms with Crippen LogP contribution in [0, 0.1) is 0 Å². The fourth-order valence-corrected chi connectivity index (χ4v) is 1.51. The molecule has 0 saturated heterocycles. The Morgan fingerprint density at radius 3 is 2.30 bits per heavy atom. The second-order valence-electron chi connectivity index (χ2n) is 5.38. The van der Waals surface area contributed by atoms with Gasteiger partial charge in [-0.15, -0.1) is 0 Å². The van der Waals surface area contributed by atoms with Crippen molar-refractivity contribution in [2.75, 3.05) is 7.11 Å². The summed E-state index contributed by atoms with van der Waals surface area (Å²) in [6.45, 7) is 11.3. The number of amides is 1. The molecule has 0 spiro atoms. The van der Waals surface area contributed by atoms with E-state index in [4.69, 9.17) is 9.47 Å². The van der Waals surface area contributed by atoms with Gasteiger partial charge in [0.15, 0.2) is 0 Å². The van der Waals surface area contributed by atoms with Gasteiger partial charge in [-0.2, -0.15) is 0 Å². The summed E-state index contributed by atoms with van der Waals surface area (Å²) in [6, 6.07) is 0. The fourth-order valence-electron chi connectivity index (χ4n) is 1.51. The van der Waals surface area contributed by atoms with Crippen LogP contribution in [0.2, 0.25) is 0 Å². The molecule has 0 saturated carbocycles. The van der Waals surface area contributed by atoms with Gasteiger partial charge in [0.05, 0.1) is 7.11 Å². The maximum atomic E-state index is 11.8. The van der Waals surface area contributed by atoms with Gasteiger partial charge in [-0.05, 0) is 58.8 Å². The van der Waals surface area contributed by atoms with E-state index in [9.17, 15) is 4.79 Å². The smallest absolute Gasteiger partial charge is 0.412 e. The molecular weight excluding hydrogens is 254 g/mol. The van der Waals surface area contributed by atoms with Crippen LogP contribution in [0.1, 0.15) is 48.0 Å². The lowest BCUT2D eigenvalue weighted by Crippen LogP contribution is -2.32. The average Bonchev–Trinajstić information content (AvgIpc) is 2.32. The second-order valence-corrected chi connectivity index (χ2v) is 5.38. The Bertz CT molecular complexity index is 412. The Morgan fingerprint density at radius 2 is 1.90 bits per heavy atom. The highest BCUT2D eigenvalue weighted by Gasteiger charge is 2.17. The summed E-state index contributed by atoms with van der Waals surface area (Å²) in [4.78, 5) is 11.8. The largest absolute Gasteiger partial charge is 0.497 e. The molecule has 1 amide bonds. The highest BCUT2D eigenvalue weighted by Crippen LogP contribution is 2.13. The van der Waals surface area contributed by atoms with Crippen molar-refractivity contribution in [3.63, 3.8) is 0 Å². The number of rotatable bonds is 5. The highest BCUT2D eigenvalue weighted by atomic mass is 16.6. The van der Waals surface area contributed by atoms with Crippen molar-refractivity contribution in [2.24, 2.45) is 0 Å². The molecule has 20 heavy (non-hydrogen) atoms. The minimum absolute atomic E-state index is 0.461. The van der Waals surface area contributed by atoms with E-state index in [1.165, 1.54) is 0 Å². The topological polar surface area (TPSA) is 47.6 Å². The third-order valence-electron chi connectivity index (χ3n) is 2.35. The van der Waals surface area contributed by atoms with E-state index >= 15 is 0 Å². The van der Waals surface area contributed by atoms with E-state index in [1.807, 2.05) is 59.8 Å². The van der Waals surface area contributed by atoms with Crippen molar-refractivity contribution < 1.29 is 14.3 Å². The molecule has 1 N–H and O–H groups in total. The maximum Gasteiger partial charge on any atom is 0.412 e. The van der Waals surface area contributed by atoms with Crippen LogP contribution in [0.25, 0.3) is 0 Å². The van der Waals surface area contributed by atoms with Crippen LogP contribution in [-0.2, 0) is 9.47 Å². The molecule has 0 atom stereocenters. The summed E-state index contributed by atoms with van der Waals surface area (Å²) in [6.07, 6.45) is 6.12. The lowest BCUT2D eigenvalue weighted by atomic mass is 10.1. The van der Waals surface area contributed by atoms with Crippen molar-refractivity contribution in [3.8, 4) is 0 Å². The number of hydrogen-bond donors (Lipinski definition) is 1. The molecule has 0 aromatic carbocycles. The Kier molecular flexibility index (Phi) is 7.74. The van der Waals surface area contributed by atoms with Gasteiger partial charge in [0.1, 0.15) is 11.4 Å². The molecule has 0 fully saturated rings. The molecule has 114 valence electrons. The highest BCUT2D eigenvalue weighted by molar-refractivity contribution is 5.71. The molecule has 0 unspecified atom stereocenters. The molecular formula is C16H27NO3. The first-order valence-electron chi connectivity index (χ1n) is 6.82. The van der Waals surface area contributed by atoms with Crippen molar-refractivity contribution in [1.29, 1.82) is 0 Å². The Morgan fingerprint density at radius 1 is 1.30 bits per heavy atom. The third-order valence-corrected chi connectivity index (χ3v) is 2.35. The van der Waals surface area contributed by atoms with Gasteiger partial charge in [0, 0.05) is 5.70 Å². The van der Waals surface area contributed by atoms with E-state index < -0.39 is 11.7 Å². The van der Waals surface area contributed by atoms with E-state index in [0.717, 1.165) is 17.8 Å². The molecule has 0 aliphatic heterocycles. The number of carbonyl (C=O) groups excluding carboxylic acids is 1. The molecule has 0 aliphatic carbocycles. The summed E-state index contributed by atoms with van der Waals surface area (Å²) < 4.78 is 10.5. The Balaban J connectivity index is 4.90. The van der Waals surface area contributed by atoms with Gasteiger partial charge < -0.3 is 9.47 Å². The Hall–Kier alpha value is -1.71. The fraction of sp³-hybridized carbons (Fsp3) is 0.562. The van der Waals surface area contributed by atoms with E-state index in [0.29, 0.717) is 5.70 Å². The summed E-state index contributed by atoms with van der Waals surface area (Å²) in [5, 5.41) is 2.74. The molecule has 0 heterocycles. The van der Waals surface area contributed by atoms with Gasteiger partial charge in [-0.25, -0.2) is 4.79 Å². The molecule has 0 aliphatic rings. The molecule has 0 rings (SSSR count). The number of nitrogens with one attached hydrogen (secondary N) is 1. The predicted octanol–water partition coefficient (Wildman–Crippen LogP) is 4.30. The minimum Gasteiger partial charge on any atom is -0.497 e. The molecule has 4 heteroatoms. The lowest BCUT2D eigenvalue weighted by molar-refractivity contribution is 0.0547. The van der Waals surface area contributed by atoms with Crippen molar-refractivity contribution in [2.45, 2.75) is 53.6 Å². The zero-order valence-corrected chi connectivity index (χ0v) is 13.7. The molecule has 0 aromatic rings. The maximum absolute atomic E-state index is 11.8. The van der Waals surface area contributed by atoms with Gasteiger partial charge in [0.2, 0.25) is 0 Å². The van der Waals surface area contributed by atoms with Crippen LogP contribution < -0.4 is 5.32 Å². The standard InChI is InChI=1S/C16H27NO3/c1-8-10-13(19-7)11-12(3)14(9-2)17-15(18)20-16(4,5)6/h9-11H,8H2,1-7H3,(H,17,18)/b12-11-,13-10+,14-9+. The minimum atomic E-state index is -0.514. The predicted molar refractivity (Wildman–Crippen MR) is 82.3 cm³/mol. The zero-order valence-electron chi connectivity index (χ0n) is 13.7. The quantitative estimate of drug-likeness (QED) is 0.603.